The Bertz CT molecular complexity index is 734. The number of benzene rings is 1. The van der Waals surface area contributed by atoms with Crippen LogP contribution in [-0.4, -0.2) is 43.7 Å². The third-order valence-corrected chi connectivity index (χ3v) is 5.37. The Hall–Kier alpha value is -2.14. The molecular weight excluding hydrogens is 338 g/mol. The maximum atomic E-state index is 13.2. The van der Waals surface area contributed by atoms with Gasteiger partial charge in [0, 0.05) is 37.1 Å². The van der Waals surface area contributed by atoms with Crippen LogP contribution in [0, 0.1) is 0 Å². The molecule has 2 aromatic rings. The largest absolute Gasteiger partial charge is 0.390 e. The summed E-state index contributed by atoms with van der Waals surface area (Å²) in [6.45, 7) is 5.36. The number of carbonyl (C=O) groups is 1. The highest BCUT2D eigenvalue weighted by Crippen LogP contribution is 2.23. The van der Waals surface area contributed by atoms with Gasteiger partial charge < -0.3 is 14.6 Å². The maximum absolute atomic E-state index is 13.2. The van der Waals surface area contributed by atoms with Crippen molar-refractivity contribution < 1.29 is 9.90 Å². The smallest absolute Gasteiger partial charge is 0.254 e. The number of aryl methyl sites for hydroxylation is 2. The fraction of sp³-hybridized carbons (Fsp3) is 0.545. The van der Waals surface area contributed by atoms with Crippen molar-refractivity contribution >= 4 is 5.91 Å². The summed E-state index contributed by atoms with van der Waals surface area (Å²) in [7, 11) is 0. The Labute approximate surface area is 162 Å². The molecule has 0 aliphatic carbocycles. The molecule has 2 heterocycles. The third kappa shape index (κ3) is 5.67. The standard InChI is InChI=1S/C22H31N3O2/c1-22(2,27)11-9-18-6-5-7-19(16-18)21(26)25-13-4-3-8-20(25)10-14-24-15-12-23-17-24/h5-7,12,15-17,20,27H,3-4,8-11,13-14H2,1-2H3/t20-/m0/s1. The van der Waals surface area contributed by atoms with E-state index in [1.54, 1.807) is 6.20 Å². The summed E-state index contributed by atoms with van der Waals surface area (Å²) >= 11 is 0. The monoisotopic (exact) mass is 369 g/mol. The number of piperidine rings is 1. The lowest BCUT2D eigenvalue weighted by molar-refractivity contribution is 0.0595. The van der Waals surface area contributed by atoms with E-state index in [4.69, 9.17) is 0 Å². The van der Waals surface area contributed by atoms with Crippen molar-refractivity contribution in [3.63, 3.8) is 0 Å². The van der Waals surface area contributed by atoms with Crippen LogP contribution in [0.2, 0.25) is 0 Å². The van der Waals surface area contributed by atoms with Crippen molar-refractivity contribution in [2.45, 2.75) is 70.6 Å². The Balaban J connectivity index is 1.66. The zero-order valence-corrected chi connectivity index (χ0v) is 16.5. The number of imidazole rings is 1. The van der Waals surface area contributed by atoms with E-state index in [-0.39, 0.29) is 11.9 Å². The molecule has 0 spiro atoms. The number of hydrogen-bond acceptors (Lipinski definition) is 3. The summed E-state index contributed by atoms with van der Waals surface area (Å²) in [4.78, 5) is 19.3. The van der Waals surface area contributed by atoms with Crippen molar-refractivity contribution in [1.82, 2.24) is 14.5 Å². The van der Waals surface area contributed by atoms with E-state index in [1.807, 2.05) is 50.6 Å². The number of aliphatic hydroxyl groups is 1. The van der Waals surface area contributed by atoms with Crippen LogP contribution in [0.15, 0.2) is 43.0 Å². The van der Waals surface area contributed by atoms with Crippen LogP contribution in [-0.2, 0) is 13.0 Å². The highest BCUT2D eigenvalue weighted by Gasteiger charge is 2.27. The Morgan fingerprint density at radius 3 is 2.93 bits per heavy atom. The molecule has 5 nitrogen and oxygen atoms in total. The van der Waals surface area contributed by atoms with Gasteiger partial charge in [0.15, 0.2) is 0 Å². The predicted molar refractivity (Wildman–Crippen MR) is 107 cm³/mol. The second-order valence-corrected chi connectivity index (χ2v) is 8.25. The number of rotatable bonds is 7. The fourth-order valence-electron chi connectivity index (χ4n) is 3.76. The van der Waals surface area contributed by atoms with Gasteiger partial charge in [0.2, 0.25) is 0 Å². The van der Waals surface area contributed by atoms with Crippen LogP contribution in [0.1, 0.15) is 61.9 Å². The molecule has 0 unspecified atom stereocenters. The lowest BCUT2D eigenvalue weighted by Gasteiger charge is -2.36. The van der Waals surface area contributed by atoms with Crippen molar-refractivity contribution in [2.24, 2.45) is 0 Å². The van der Waals surface area contributed by atoms with Crippen LogP contribution < -0.4 is 0 Å². The summed E-state index contributed by atoms with van der Waals surface area (Å²) in [5.74, 6) is 0.135. The molecule has 3 rings (SSSR count). The SMILES string of the molecule is CC(C)(O)CCc1cccc(C(=O)N2CCCC[C@H]2CCn2ccnc2)c1. The molecule has 1 amide bonds. The molecule has 1 aromatic carbocycles. The van der Waals surface area contributed by atoms with Crippen LogP contribution >= 0.6 is 0 Å². The van der Waals surface area contributed by atoms with Crippen molar-refractivity contribution in [2.75, 3.05) is 6.54 Å². The van der Waals surface area contributed by atoms with E-state index < -0.39 is 5.60 Å². The molecule has 1 fully saturated rings. The lowest BCUT2D eigenvalue weighted by atomic mass is 9.96. The first kappa shape index (κ1) is 19.6. The van der Waals surface area contributed by atoms with Crippen LogP contribution in [0.4, 0.5) is 0 Å². The third-order valence-electron chi connectivity index (χ3n) is 5.37. The van der Waals surface area contributed by atoms with Gasteiger partial charge in [0.1, 0.15) is 0 Å². The second kappa shape index (κ2) is 8.70. The molecule has 1 atom stereocenters. The number of amides is 1. The van der Waals surface area contributed by atoms with Crippen LogP contribution in [0.25, 0.3) is 0 Å². The van der Waals surface area contributed by atoms with Gasteiger partial charge in [0.25, 0.3) is 5.91 Å². The van der Waals surface area contributed by atoms with E-state index in [1.165, 1.54) is 6.42 Å². The van der Waals surface area contributed by atoms with Gasteiger partial charge >= 0.3 is 0 Å². The molecular formula is C22H31N3O2. The maximum Gasteiger partial charge on any atom is 0.254 e. The van der Waals surface area contributed by atoms with Crippen molar-refractivity contribution in [3.05, 3.63) is 54.1 Å². The minimum Gasteiger partial charge on any atom is -0.390 e. The lowest BCUT2D eigenvalue weighted by Crippen LogP contribution is -2.44. The normalized spacial score (nSPS) is 17.9. The first-order valence-electron chi connectivity index (χ1n) is 10.0. The van der Waals surface area contributed by atoms with Gasteiger partial charge in [-0.05, 0) is 70.1 Å². The Morgan fingerprint density at radius 2 is 2.19 bits per heavy atom. The summed E-state index contributed by atoms with van der Waals surface area (Å²) in [6.07, 6.45) is 11.3. The average Bonchev–Trinajstić information content (AvgIpc) is 3.18. The molecule has 1 aromatic heterocycles. The topological polar surface area (TPSA) is 58.4 Å². The Morgan fingerprint density at radius 1 is 1.33 bits per heavy atom. The zero-order valence-electron chi connectivity index (χ0n) is 16.5. The molecule has 146 valence electrons. The van der Waals surface area contributed by atoms with Gasteiger partial charge in [-0.15, -0.1) is 0 Å². The van der Waals surface area contributed by atoms with Crippen LogP contribution in [0.3, 0.4) is 0 Å². The number of aromatic nitrogens is 2. The molecule has 0 saturated carbocycles. The van der Waals surface area contributed by atoms with Crippen molar-refractivity contribution in [1.29, 1.82) is 0 Å². The summed E-state index contributed by atoms with van der Waals surface area (Å²) < 4.78 is 2.08. The van der Waals surface area contributed by atoms with Gasteiger partial charge in [-0.1, -0.05) is 12.1 Å². The molecule has 1 aliphatic rings. The predicted octanol–water partition coefficient (Wildman–Crippen LogP) is 3.67. The molecule has 0 bridgehead atoms. The summed E-state index contributed by atoms with van der Waals surface area (Å²) in [6, 6.07) is 8.19. The number of likely N-dealkylation sites (tertiary alicyclic amines) is 1. The fourth-order valence-corrected chi connectivity index (χ4v) is 3.76. The van der Waals surface area contributed by atoms with E-state index in [0.717, 1.165) is 49.9 Å². The van der Waals surface area contributed by atoms with Crippen molar-refractivity contribution in [3.8, 4) is 0 Å². The molecule has 1 N–H and O–H groups in total. The Kier molecular flexibility index (Phi) is 6.32. The minimum atomic E-state index is -0.689. The second-order valence-electron chi connectivity index (χ2n) is 8.25. The molecule has 0 radical (unpaired) electrons. The molecule has 1 saturated heterocycles. The first-order valence-corrected chi connectivity index (χ1v) is 10.0. The summed E-state index contributed by atoms with van der Waals surface area (Å²) in [5.41, 5.74) is 1.18. The van der Waals surface area contributed by atoms with Gasteiger partial charge in [-0.3, -0.25) is 4.79 Å². The molecule has 5 heteroatoms. The highest BCUT2D eigenvalue weighted by atomic mass is 16.3. The van der Waals surface area contributed by atoms with Crippen LogP contribution in [0.5, 0.6) is 0 Å². The number of hydrogen-bond donors (Lipinski definition) is 1. The summed E-state index contributed by atoms with van der Waals surface area (Å²) in [5, 5.41) is 9.95. The van der Waals surface area contributed by atoms with Gasteiger partial charge in [0.05, 0.1) is 11.9 Å². The first-order chi connectivity index (χ1) is 12.9. The number of carbonyl (C=O) groups excluding carboxylic acids is 1. The van der Waals surface area contributed by atoms with E-state index in [0.29, 0.717) is 6.42 Å². The van der Waals surface area contributed by atoms with E-state index in [9.17, 15) is 9.90 Å². The minimum absolute atomic E-state index is 0.135. The highest BCUT2D eigenvalue weighted by molar-refractivity contribution is 5.94. The quantitative estimate of drug-likeness (QED) is 0.810. The zero-order chi connectivity index (χ0) is 19.3. The van der Waals surface area contributed by atoms with E-state index in [2.05, 4.69) is 14.5 Å². The van der Waals surface area contributed by atoms with Gasteiger partial charge in [-0.25, -0.2) is 4.98 Å². The molecule has 27 heavy (non-hydrogen) atoms. The average molecular weight is 370 g/mol. The number of nitrogens with zero attached hydrogens (tertiary/aromatic N) is 3. The van der Waals surface area contributed by atoms with E-state index >= 15 is 0 Å². The van der Waals surface area contributed by atoms with Gasteiger partial charge in [-0.2, -0.15) is 0 Å². The molecule has 1 aliphatic heterocycles.